The van der Waals surface area contributed by atoms with Gasteiger partial charge in [-0.15, -0.1) is 0 Å². The Morgan fingerprint density at radius 1 is 0.947 bits per heavy atom. The summed E-state index contributed by atoms with van der Waals surface area (Å²) in [5.74, 6) is 1.04. The highest BCUT2D eigenvalue weighted by molar-refractivity contribution is 5.83. The largest absolute Gasteiger partial charge is 0.493 e. The van der Waals surface area contributed by atoms with Crippen LogP contribution in [0.2, 0.25) is 0 Å². The van der Waals surface area contributed by atoms with Gasteiger partial charge >= 0.3 is 0 Å². The van der Waals surface area contributed by atoms with Gasteiger partial charge in [0.25, 0.3) is 0 Å². The smallest absolute Gasteiger partial charge is 0.161 e. The van der Waals surface area contributed by atoms with E-state index < -0.39 is 0 Å². The topological polar surface area (TPSA) is 30.8 Å². The normalized spacial score (nSPS) is 10.7. The molecule has 0 aliphatic heterocycles. The number of aliphatic imine (C=N–C) groups is 1. The Morgan fingerprint density at radius 3 is 2.26 bits per heavy atom. The first-order chi connectivity index (χ1) is 9.22. The molecule has 0 atom stereocenters. The van der Waals surface area contributed by atoms with E-state index in [2.05, 4.69) is 4.99 Å². The summed E-state index contributed by atoms with van der Waals surface area (Å²) in [6.07, 6.45) is 1.69. The molecule has 0 radical (unpaired) electrons. The first-order valence-electron chi connectivity index (χ1n) is 5.74. The van der Waals surface area contributed by atoms with Crippen molar-refractivity contribution in [2.45, 2.75) is 0 Å². The third-order valence-corrected chi connectivity index (χ3v) is 2.60. The molecule has 0 unspecified atom stereocenters. The standard InChI is InChI=1S/C15H14FNO2/c1-18-14-8-3-11(9-15(14)19-2)10-17-13-6-4-12(16)5-7-13/h3-10H,1-2H3. The minimum atomic E-state index is -0.273. The maximum absolute atomic E-state index is 12.7. The van der Waals surface area contributed by atoms with Gasteiger partial charge in [0.2, 0.25) is 0 Å². The van der Waals surface area contributed by atoms with Gasteiger partial charge in [-0.25, -0.2) is 4.39 Å². The summed E-state index contributed by atoms with van der Waals surface area (Å²) < 4.78 is 23.1. The van der Waals surface area contributed by atoms with Crippen molar-refractivity contribution in [3.63, 3.8) is 0 Å². The number of methoxy groups -OCH3 is 2. The second-order valence-electron chi connectivity index (χ2n) is 3.85. The number of hydrogen-bond acceptors (Lipinski definition) is 3. The molecule has 3 nitrogen and oxygen atoms in total. The Morgan fingerprint density at radius 2 is 1.63 bits per heavy atom. The van der Waals surface area contributed by atoms with Gasteiger partial charge in [0, 0.05) is 6.21 Å². The van der Waals surface area contributed by atoms with Crippen LogP contribution in [0.15, 0.2) is 47.5 Å². The Kier molecular flexibility index (Phi) is 4.13. The molecule has 0 bridgehead atoms. The van der Waals surface area contributed by atoms with Crippen molar-refractivity contribution in [2.75, 3.05) is 14.2 Å². The van der Waals surface area contributed by atoms with Gasteiger partial charge in [0.15, 0.2) is 11.5 Å². The van der Waals surface area contributed by atoms with Crippen LogP contribution in [-0.4, -0.2) is 20.4 Å². The molecule has 0 aliphatic carbocycles. The van der Waals surface area contributed by atoms with Crippen LogP contribution in [0.25, 0.3) is 0 Å². The molecule has 0 N–H and O–H groups in total. The minimum Gasteiger partial charge on any atom is -0.493 e. The Labute approximate surface area is 111 Å². The molecule has 0 saturated carbocycles. The van der Waals surface area contributed by atoms with E-state index in [1.165, 1.54) is 12.1 Å². The highest BCUT2D eigenvalue weighted by Crippen LogP contribution is 2.27. The van der Waals surface area contributed by atoms with Crippen LogP contribution in [0.4, 0.5) is 10.1 Å². The van der Waals surface area contributed by atoms with Gasteiger partial charge in [0.05, 0.1) is 19.9 Å². The Hall–Kier alpha value is -2.36. The van der Waals surface area contributed by atoms with Crippen molar-refractivity contribution < 1.29 is 13.9 Å². The zero-order valence-corrected chi connectivity index (χ0v) is 10.8. The maximum atomic E-state index is 12.7. The lowest BCUT2D eigenvalue weighted by Gasteiger charge is -2.07. The van der Waals surface area contributed by atoms with E-state index in [1.807, 2.05) is 18.2 Å². The lowest BCUT2D eigenvalue weighted by atomic mass is 10.2. The average molecular weight is 259 g/mol. The van der Waals surface area contributed by atoms with Crippen molar-refractivity contribution in [3.05, 3.63) is 53.8 Å². The fraction of sp³-hybridized carbons (Fsp3) is 0.133. The van der Waals surface area contributed by atoms with Crippen LogP contribution in [0.5, 0.6) is 11.5 Å². The molecule has 2 aromatic carbocycles. The van der Waals surface area contributed by atoms with Crippen LogP contribution >= 0.6 is 0 Å². The van der Waals surface area contributed by atoms with Gasteiger partial charge in [-0.2, -0.15) is 0 Å². The summed E-state index contributed by atoms with van der Waals surface area (Å²) in [5, 5.41) is 0. The molecule has 0 aromatic heterocycles. The van der Waals surface area contributed by atoms with Gasteiger partial charge in [0.1, 0.15) is 5.82 Å². The predicted octanol–water partition coefficient (Wildman–Crippen LogP) is 3.59. The van der Waals surface area contributed by atoms with Crippen molar-refractivity contribution in [1.29, 1.82) is 0 Å². The van der Waals surface area contributed by atoms with E-state index in [0.29, 0.717) is 17.2 Å². The zero-order valence-electron chi connectivity index (χ0n) is 10.8. The molecular formula is C15H14FNO2. The van der Waals surface area contributed by atoms with Crippen molar-refractivity contribution in [3.8, 4) is 11.5 Å². The highest BCUT2D eigenvalue weighted by Gasteiger charge is 2.02. The number of hydrogen-bond donors (Lipinski definition) is 0. The molecule has 2 aromatic rings. The van der Waals surface area contributed by atoms with Crippen LogP contribution < -0.4 is 9.47 Å². The SMILES string of the molecule is COc1ccc(C=Nc2ccc(F)cc2)cc1OC. The van der Waals surface area contributed by atoms with Crippen LogP contribution in [0.1, 0.15) is 5.56 Å². The van der Waals surface area contributed by atoms with E-state index in [9.17, 15) is 4.39 Å². The molecule has 4 heteroatoms. The third-order valence-electron chi connectivity index (χ3n) is 2.60. The van der Waals surface area contributed by atoms with Crippen molar-refractivity contribution >= 4 is 11.9 Å². The highest BCUT2D eigenvalue weighted by atomic mass is 19.1. The Balaban J connectivity index is 2.21. The van der Waals surface area contributed by atoms with E-state index in [1.54, 1.807) is 32.6 Å². The van der Waals surface area contributed by atoms with E-state index >= 15 is 0 Å². The second kappa shape index (κ2) is 6.00. The lowest BCUT2D eigenvalue weighted by Crippen LogP contribution is -1.91. The minimum absolute atomic E-state index is 0.273. The lowest BCUT2D eigenvalue weighted by molar-refractivity contribution is 0.355. The van der Waals surface area contributed by atoms with Crippen molar-refractivity contribution in [2.24, 2.45) is 4.99 Å². The van der Waals surface area contributed by atoms with Gasteiger partial charge in [-0.05, 0) is 48.0 Å². The second-order valence-corrected chi connectivity index (χ2v) is 3.85. The fourth-order valence-corrected chi connectivity index (χ4v) is 1.61. The fourth-order valence-electron chi connectivity index (χ4n) is 1.61. The molecule has 0 spiro atoms. The predicted molar refractivity (Wildman–Crippen MR) is 73.2 cm³/mol. The number of nitrogens with zero attached hydrogens (tertiary/aromatic N) is 1. The van der Waals surface area contributed by atoms with Crippen LogP contribution in [0, 0.1) is 5.82 Å². The summed E-state index contributed by atoms with van der Waals surface area (Å²) in [7, 11) is 3.17. The molecule has 0 aliphatic rings. The molecule has 19 heavy (non-hydrogen) atoms. The molecule has 0 heterocycles. The monoisotopic (exact) mass is 259 g/mol. The maximum Gasteiger partial charge on any atom is 0.161 e. The molecular weight excluding hydrogens is 245 g/mol. The molecule has 98 valence electrons. The molecule has 2 rings (SSSR count). The van der Waals surface area contributed by atoms with Crippen LogP contribution in [0.3, 0.4) is 0 Å². The zero-order chi connectivity index (χ0) is 13.7. The van der Waals surface area contributed by atoms with Gasteiger partial charge in [-0.3, -0.25) is 4.99 Å². The number of ether oxygens (including phenoxy) is 2. The quantitative estimate of drug-likeness (QED) is 0.785. The number of rotatable bonds is 4. The molecule has 0 saturated heterocycles. The van der Waals surface area contributed by atoms with Gasteiger partial charge < -0.3 is 9.47 Å². The summed E-state index contributed by atoms with van der Waals surface area (Å²) in [4.78, 5) is 4.26. The Bertz CT molecular complexity index is 579. The number of benzene rings is 2. The van der Waals surface area contributed by atoms with E-state index in [0.717, 1.165) is 5.56 Å². The molecule has 0 amide bonds. The van der Waals surface area contributed by atoms with Crippen molar-refractivity contribution in [1.82, 2.24) is 0 Å². The van der Waals surface area contributed by atoms with E-state index in [-0.39, 0.29) is 5.82 Å². The first kappa shape index (κ1) is 13.1. The first-order valence-corrected chi connectivity index (χ1v) is 5.74. The van der Waals surface area contributed by atoms with Crippen LogP contribution in [-0.2, 0) is 0 Å². The molecule has 0 fully saturated rings. The third kappa shape index (κ3) is 3.31. The summed E-state index contributed by atoms with van der Waals surface area (Å²) >= 11 is 0. The van der Waals surface area contributed by atoms with Gasteiger partial charge in [-0.1, -0.05) is 0 Å². The summed E-state index contributed by atoms with van der Waals surface area (Å²) in [6.45, 7) is 0. The summed E-state index contributed by atoms with van der Waals surface area (Å²) in [5.41, 5.74) is 1.57. The number of halogens is 1. The summed E-state index contributed by atoms with van der Waals surface area (Å²) in [6, 6.07) is 11.5. The average Bonchev–Trinajstić information content (AvgIpc) is 2.46. The van der Waals surface area contributed by atoms with E-state index in [4.69, 9.17) is 9.47 Å².